The third-order valence-electron chi connectivity index (χ3n) is 5.68. The van der Waals surface area contributed by atoms with Crippen molar-refractivity contribution in [1.29, 1.82) is 0 Å². The average Bonchev–Trinajstić information content (AvgIpc) is 2.92. The number of likely N-dealkylation sites (tertiary alicyclic amines) is 1. The van der Waals surface area contributed by atoms with Crippen LogP contribution in [0.4, 0.5) is 0 Å². The highest BCUT2D eigenvalue weighted by Crippen LogP contribution is 2.14. The molecule has 1 atom stereocenters. The Bertz CT molecular complexity index is 492. The summed E-state index contributed by atoms with van der Waals surface area (Å²) in [5.74, 6) is 1.86. The van der Waals surface area contributed by atoms with Gasteiger partial charge < -0.3 is 20.3 Å². The molecule has 0 radical (unpaired) electrons. The van der Waals surface area contributed by atoms with E-state index in [1.54, 1.807) is 0 Å². The summed E-state index contributed by atoms with van der Waals surface area (Å²) in [6.45, 7) is 14.6. The van der Waals surface area contributed by atoms with Crippen LogP contribution in [-0.4, -0.2) is 86.7 Å². The van der Waals surface area contributed by atoms with E-state index in [-0.39, 0.29) is 0 Å². The Labute approximate surface area is 177 Å². The smallest absolute Gasteiger partial charge is 0.222 e. The predicted octanol–water partition coefficient (Wildman–Crippen LogP) is 2.08. The second-order valence-electron chi connectivity index (χ2n) is 8.62. The highest BCUT2D eigenvalue weighted by molar-refractivity contribution is 5.79. The lowest BCUT2D eigenvalue weighted by Gasteiger charge is -2.34. The van der Waals surface area contributed by atoms with Crippen LogP contribution in [0.1, 0.15) is 59.3 Å². The summed E-state index contributed by atoms with van der Waals surface area (Å²) in [7, 11) is 0. The number of aliphatic imine (C=N–C) groups is 1. The maximum atomic E-state index is 12.1. The van der Waals surface area contributed by atoms with Crippen molar-refractivity contribution in [3.63, 3.8) is 0 Å². The standard InChI is InChI=1S/C22H43N5O2/c1-4-23-22(24-10-8-12-27-11-7-5-6-9-21(27)28)25-18-20(17-19(2)3)26-13-15-29-16-14-26/h19-20H,4-18H2,1-3H3,(H2,23,24,25). The van der Waals surface area contributed by atoms with Crippen LogP contribution in [-0.2, 0) is 9.53 Å². The fourth-order valence-corrected chi connectivity index (χ4v) is 4.12. The van der Waals surface area contributed by atoms with Gasteiger partial charge in [-0.05, 0) is 38.5 Å². The number of amides is 1. The molecule has 2 aliphatic heterocycles. The van der Waals surface area contributed by atoms with Crippen LogP contribution in [0.15, 0.2) is 4.99 Å². The molecule has 0 bridgehead atoms. The molecule has 2 fully saturated rings. The Balaban J connectivity index is 1.80. The monoisotopic (exact) mass is 409 g/mol. The van der Waals surface area contributed by atoms with Crippen LogP contribution in [0.3, 0.4) is 0 Å². The Morgan fingerprint density at radius 3 is 2.66 bits per heavy atom. The lowest BCUT2D eigenvalue weighted by Crippen LogP contribution is -2.46. The maximum Gasteiger partial charge on any atom is 0.222 e. The number of ether oxygens (including phenoxy) is 1. The van der Waals surface area contributed by atoms with Crippen molar-refractivity contribution in [2.75, 3.05) is 59.0 Å². The first-order chi connectivity index (χ1) is 14.1. The van der Waals surface area contributed by atoms with Crippen molar-refractivity contribution >= 4 is 11.9 Å². The van der Waals surface area contributed by atoms with Gasteiger partial charge in [0, 0.05) is 51.7 Å². The van der Waals surface area contributed by atoms with E-state index in [2.05, 4.69) is 36.3 Å². The highest BCUT2D eigenvalue weighted by Gasteiger charge is 2.22. The second-order valence-corrected chi connectivity index (χ2v) is 8.62. The topological polar surface area (TPSA) is 69.2 Å². The van der Waals surface area contributed by atoms with Crippen LogP contribution >= 0.6 is 0 Å². The third kappa shape index (κ3) is 9.34. The lowest BCUT2D eigenvalue weighted by atomic mass is 10.0. The van der Waals surface area contributed by atoms with E-state index >= 15 is 0 Å². The van der Waals surface area contributed by atoms with Crippen molar-refractivity contribution in [3.8, 4) is 0 Å². The Morgan fingerprint density at radius 2 is 1.93 bits per heavy atom. The number of nitrogens with zero attached hydrogens (tertiary/aromatic N) is 3. The molecule has 1 amide bonds. The molecule has 0 aromatic heterocycles. The van der Waals surface area contributed by atoms with Gasteiger partial charge in [-0.25, -0.2) is 0 Å². The number of guanidine groups is 1. The molecule has 2 N–H and O–H groups in total. The van der Waals surface area contributed by atoms with E-state index in [1.165, 1.54) is 6.42 Å². The van der Waals surface area contributed by atoms with E-state index in [1.807, 2.05) is 4.90 Å². The van der Waals surface area contributed by atoms with Gasteiger partial charge in [0.05, 0.1) is 19.8 Å². The van der Waals surface area contributed by atoms with Crippen LogP contribution in [0.2, 0.25) is 0 Å². The van der Waals surface area contributed by atoms with Crippen molar-refractivity contribution < 1.29 is 9.53 Å². The molecule has 2 heterocycles. The Hall–Kier alpha value is -1.34. The van der Waals surface area contributed by atoms with Crippen LogP contribution in [0.5, 0.6) is 0 Å². The molecule has 0 spiro atoms. The molecule has 0 aromatic carbocycles. The first-order valence-electron chi connectivity index (χ1n) is 11.7. The van der Waals surface area contributed by atoms with E-state index in [0.717, 1.165) is 97.1 Å². The molecule has 2 rings (SSSR count). The zero-order chi connectivity index (χ0) is 20.9. The molecular formula is C22H43N5O2. The van der Waals surface area contributed by atoms with Gasteiger partial charge >= 0.3 is 0 Å². The average molecular weight is 410 g/mol. The van der Waals surface area contributed by atoms with E-state index in [4.69, 9.17) is 9.73 Å². The molecule has 7 heteroatoms. The number of rotatable bonds is 10. The molecule has 29 heavy (non-hydrogen) atoms. The quantitative estimate of drug-likeness (QED) is 0.328. The van der Waals surface area contributed by atoms with Gasteiger partial charge in [0.2, 0.25) is 5.91 Å². The van der Waals surface area contributed by atoms with Gasteiger partial charge in [0.15, 0.2) is 5.96 Å². The second kappa shape index (κ2) is 13.8. The normalized spacial score (nSPS) is 20.6. The van der Waals surface area contributed by atoms with Crippen molar-refractivity contribution in [3.05, 3.63) is 0 Å². The molecule has 0 aliphatic carbocycles. The summed E-state index contributed by atoms with van der Waals surface area (Å²) in [5.41, 5.74) is 0. The summed E-state index contributed by atoms with van der Waals surface area (Å²) in [5, 5.41) is 6.83. The molecule has 2 saturated heterocycles. The summed E-state index contributed by atoms with van der Waals surface area (Å²) >= 11 is 0. The molecular weight excluding hydrogens is 366 g/mol. The van der Waals surface area contributed by atoms with Crippen molar-refractivity contribution in [1.82, 2.24) is 20.4 Å². The summed E-state index contributed by atoms with van der Waals surface area (Å²) in [6.07, 6.45) is 6.19. The zero-order valence-corrected chi connectivity index (χ0v) is 18.9. The van der Waals surface area contributed by atoms with Crippen LogP contribution in [0, 0.1) is 5.92 Å². The summed E-state index contributed by atoms with van der Waals surface area (Å²) in [6, 6.07) is 0.462. The van der Waals surface area contributed by atoms with E-state index < -0.39 is 0 Å². The Morgan fingerprint density at radius 1 is 1.14 bits per heavy atom. The molecule has 1 unspecified atom stereocenters. The summed E-state index contributed by atoms with van der Waals surface area (Å²) < 4.78 is 5.52. The fourth-order valence-electron chi connectivity index (χ4n) is 4.12. The van der Waals surface area contributed by atoms with Gasteiger partial charge in [-0.15, -0.1) is 0 Å². The fraction of sp³-hybridized carbons (Fsp3) is 0.909. The van der Waals surface area contributed by atoms with Gasteiger partial charge in [0.25, 0.3) is 0 Å². The first kappa shape index (κ1) is 23.9. The van der Waals surface area contributed by atoms with Gasteiger partial charge in [-0.2, -0.15) is 0 Å². The minimum Gasteiger partial charge on any atom is -0.379 e. The number of morpholine rings is 1. The largest absolute Gasteiger partial charge is 0.379 e. The highest BCUT2D eigenvalue weighted by atomic mass is 16.5. The van der Waals surface area contributed by atoms with Crippen LogP contribution < -0.4 is 10.6 Å². The molecule has 0 saturated carbocycles. The van der Waals surface area contributed by atoms with Crippen molar-refractivity contribution in [2.45, 2.75) is 65.3 Å². The maximum absolute atomic E-state index is 12.1. The summed E-state index contributed by atoms with van der Waals surface area (Å²) in [4.78, 5) is 21.6. The third-order valence-corrected chi connectivity index (χ3v) is 5.68. The molecule has 168 valence electrons. The zero-order valence-electron chi connectivity index (χ0n) is 18.9. The van der Waals surface area contributed by atoms with Crippen molar-refractivity contribution in [2.24, 2.45) is 10.9 Å². The molecule has 7 nitrogen and oxygen atoms in total. The van der Waals surface area contributed by atoms with E-state index in [9.17, 15) is 4.79 Å². The lowest BCUT2D eigenvalue weighted by molar-refractivity contribution is -0.130. The minimum absolute atomic E-state index is 0.324. The number of carbonyl (C=O) groups is 1. The van der Waals surface area contributed by atoms with Gasteiger partial charge in [-0.3, -0.25) is 14.7 Å². The van der Waals surface area contributed by atoms with Gasteiger partial charge in [-0.1, -0.05) is 20.3 Å². The molecule has 0 aromatic rings. The first-order valence-corrected chi connectivity index (χ1v) is 11.7. The predicted molar refractivity (Wildman–Crippen MR) is 119 cm³/mol. The molecule has 2 aliphatic rings. The minimum atomic E-state index is 0.324. The SMILES string of the molecule is CCNC(=NCC(CC(C)C)N1CCOCC1)NCCCN1CCCCCC1=O. The van der Waals surface area contributed by atoms with Gasteiger partial charge in [0.1, 0.15) is 0 Å². The van der Waals surface area contributed by atoms with E-state index in [0.29, 0.717) is 17.9 Å². The number of hydrogen-bond acceptors (Lipinski definition) is 4. The number of hydrogen-bond donors (Lipinski definition) is 2. The Kier molecular flexibility index (Phi) is 11.4. The number of carbonyl (C=O) groups excluding carboxylic acids is 1. The van der Waals surface area contributed by atoms with Crippen LogP contribution in [0.25, 0.3) is 0 Å². The number of nitrogens with one attached hydrogen (secondary N) is 2.